The van der Waals surface area contributed by atoms with Crippen molar-refractivity contribution in [2.45, 2.75) is 26.3 Å². The molecule has 0 aliphatic rings. The summed E-state index contributed by atoms with van der Waals surface area (Å²) in [5, 5.41) is 0. The highest BCUT2D eigenvalue weighted by molar-refractivity contribution is 9.10. The van der Waals surface area contributed by atoms with Crippen LogP contribution in [0.15, 0.2) is 40.9 Å². The molecule has 1 aromatic carbocycles. The lowest BCUT2D eigenvalue weighted by molar-refractivity contribution is 0.708. The van der Waals surface area contributed by atoms with Crippen LogP contribution in [0.3, 0.4) is 0 Å². The molecule has 2 aromatic rings. The second kappa shape index (κ2) is 5.63. The van der Waals surface area contributed by atoms with Crippen LogP contribution in [0.25, 0.3) is 0 Å². The third-order valence-corrected chi connectivity index (χ3v) is 3.84. The van der Waals surface area contributed by atoms with Gasteiger partial charge in [0.1, 0.15) is 0 Å². The van der Waals surface area contributed by atoms with E-state index in [0.717, 1.165) is 27.8 Å². The van der Waals surface area contributed by atoms with Crippen molar-refractivity contribution in [1.82, 2.24) is 4.98 Å². The van der Waals surface area contributed by atoms with Crippen LogP contribution in [0.1, 0.15) is 28.6 Å². The minimum absolute atomic E-state index is 0.0169. The number of rotatable bonds is 3. The predicted octanol–water partition coefficient (Wildman–Crippen LogP) is 3.70. The fourth-order valence-corrected chi connectivity index (χ4v) is 2.55. The van der Waals surface area contributed by atoms with Gasteiger partial charge in [0.15, 0.2) is 0 Å². The minimum atomic E-state index is -0.0169. The summed E-state index contributed by atoms with van der Waals surface area (Å²) in [5.41, 5.74) is 10.7. The molecule has 18 heavy (non-hydrogen) atoms. The predicted molar refractivity (Wildman–Crippen MR) is 78.5 cm³/mol. The second-order valence-corrected chi connectivity index (χ2v) is 5.38. The van der Waals surface area contributed by atoms with Crippen LogP contribution < -0.4 is 5.73 Å². The first kappa shape index (κ1) is 13.2. The molecule has 1 aromatic heterocycles. The maximum absolute atomic E-state index is 6.29. The number of nitrogens with zero attached hydrogens (tertiary/aromatic N) is 1. The van der Waals surface area contributed by atoms with Crippen molar-refractivity contribution in [1.29, 1.82) is 0 Å². The lowest BCUT2D eigenvalue weighted by Crippen LogP contribution is -2.15. The number of aryl methyl sites for hydroxylation is 2. The normalized spacial score (nSPS) is 12.4. The van der Waals surface area contributed by atoms with Gasteiger partial charge >= 0.3 is 0 Å². The van der Waals surface area contributed by atoms with Gasteiger partial charge in [-0.3, -0.25) is 4.98 Å². The zero-order chi connectivity index (χ0) is 13.1. The Bertz CT molecular complexity index is 552. The Morgan fingerprint density at radius 2 is 1.89 bits per heavy atom. The molecule has 2 nitrogen and oxygen atoms in total. The van der Waals surface area contributed by atoms with Gasteiger partial charge in [0, 0.05) is 21.9 Å². The number of aromatic nitrogens is 1. The van der Waals surface area contributed by atoms with Crippen molar-refractivity contribution in [2.75, 3.05) is 0 Å². The van der Waals surface area contributed by atoms with Crippen molar-refractivity contribution in [3.63, 3.8) is 0 Å². The molecule has 0 spiro atoms. The molecule has 0 amide bonds. The molecule has 0 saturated carbocycles. The lowest BCUT2D eigenvalue weighted by Gasteiger charge is -2.15. The monoisotopic (exact) mass is 304 g/mol. The molecule has 2 N–H and O–H groups in total. The van der Waals surface area contributed by atoms with Crippen molar-refractivity contribution in [2.24, 2.45) is 5.73 Å². The molecule has 0 radical (unpaired) electrons. The van der Waals surface area contributed by atoms with Crippen LogP contribution in [0, 0.1) is 13.8 Å². The second-order valence-electron chi connectivity index (χ2n) is 4.53. The quantitative estimate of drug-likeness (QED) is 0.939. The third kappa shape index (κ3) is 2.98. The summed E-state index contributed by atoms with van der Waals surface area (Å²) < 4.78 is 1.11. The van der Waals surface area contributed by atoms with E-state index in [2.05, 4.69) is 33.0 Å². The van der Waals surface area contributed by atoms with Crippen LogP contribution in [-0.4, -0.2) is 4.98 Å². The summed E-state index contributed by atoms with van der Waals surface area (Å²) in [5.74, 6) is 0. The van der Waals surface area contributed by atoms with E-state index in [1.165, 1.54) is 5.56 Å². The van der Waals surface area contributed by atoms with E-state index in [9.17, 15) is 0 Å². The lowest BCUT2D eigenvalue weighted by atomic mass is 9.98. The molecule has 0 bridgehead atoms. The Labute approximate surface area is 116 Å². The topological polar surface area (TPSA) is 38.9 Å². The standard InChI is InChI=1S/C15H17BrN2/c1-10-7-8-13(11(2)18-10)15(17)9-12-5-3-4-6-14(12)16/h3-8,15H,9,17H2,1-2H3. The summed E-state index contributed by atoms with van der Waals surface area (Å²) in [7, 11) is 0. The van der Waals surface area contributed by atoms with Gasteiger partial charge in [-0.2, -0.15) is 0 Å². The minimum Gasteiger partial charge on any atom is -0.324 e. The molecule has 0 aliphatic carbocycles. The van der Waals surface area contributed by atoms with Crippen LogP contribution >= 0.6 is 15.9 Å². The van der Waals surface area contributed by atoms with Gasteiger partial charge in [0.2, 0.25) is 0 Å². The van der Waals surface area contributed by atoms with Crippen molar-refractivity contribution >= 4 is 15.9 Å². The highest BCUT2D eigenvalue weighted by Crippen LogP contribution is 2.23. The molecule has 3 heteroatoms. The van der Waals surface area contributed by atoms with E-state index >= 15 is 0 Å². The highest BCUT2D eigenvalue weighted by atomic mass is 79.9. The highest BCUT2D eigenvalue weighted by Gasteiger charge is 2.12. The third-order valence-electron chi connectivity index (χ3n) is 3.06. The Morgan fingerprint density at radius 1 is 1.17 bits per heavy atom. The number of pyridine rings is 1. The summed E-state index contributed by atoms with van der Waals surface area (Å²) in [6.07, 6.45) is 0.813. The molecule has 0 saturated heterocycles. The number of benzene rings is 1. The van der Waals surface area contributed by atoms with E-state index in [1.54, 1.807) is 0 Å². The molecule has 1 unspecified atom stereocenters. The first-order chi connectivity index (χ1) is 8.58. The molecule has 2 rings (SSSR count). The molecular formula is C15H17BrN2. The van der Waals surface area contributed by atoms with Crippen molar-refractivity contribution < 1.29 is 0 Å². The van der Waals surface area contributed by atoms with Gasteiger partial charge in [-0.1, -0.05) is 40.2 Å². The van der Waals surface area contributed by atoms with Crippen molar-refractivity contribution in [3.8, 4) is 0 Å². The van der Waals surface area contributed by atoms with Gasteiger partial charge in [-0.05, 0) is 43.5 Å². The van der Waals surface area contributed by atoms with Crippen LogP contribution in [0.5, 0.6) is 0 Å². The van der Waals surface area contributed by atoms with Gasteiger partial charge in [0.25, 0.3) is 0 Å². The Hall–Kier alpha value is -1.19. The number of hydrogen-bond acceptors (Lipinski definition) is 2. The molecule has 1 atom stereocenters. The fraction of sp³-hybridized carbons (Fsp3) is 0.267. The zero-order valence-corrected chi connectivity index (χ0v) is 12.2. The molecule has 0 fully saturated rings. The summed E-state index contributed by atoms with van der Waals surface area (Å²) in [6, 6.07) is 12.3. The first-order valence-electron chi connectivity index (χ1n) is 6.01. The maximum atomic E-state index is 6.29. The first-order valence-corrected chi connectivity index (χ1v) is 6.80. The fourth-order valence-electron chi connectivity index (χ4n) is 2.10. The molecular weight excluding hydrogens is 288 g/mol. The summed E-state index contributed by atoms with van der Waals surface area (Å²) in [4.78, 5) is 4.47. The Morgan fingerprint density at radius 3 is 2.56 bits per heavy atom. The van der Waals surface area contributed by atoms with Crippen LogP contribution in [-0.2, 0) is 6.42 Å². The average Bonchev–Trinajstić information content (AvgIpc) is 2.32. The number of hydrogen-bond donors (Lipinski definition) is 1. The Kier molecular flexibility index (Phi) is 4.15. The van der Waals surface area contributed by atoms with Crippen molar-refractivity contribution in [3.05, 3.63) is 63.4 Å². The average molecular weight is 305 g/mol. The van der Waals surface area contributed by atoms with E-state index in [1.807, 2.05) is 38.1 Å². The van der Waals surface area contributed by atoms with Crippen LogP contribution in [0.4, 0.5) is 0 Å². The van der Waals surface area contributed by atoms with Gasteiger partial charge in [-0.25, -0.2) is 0 Å². The smallest absolute Gasteiger partial charge is 0.0423 e. The number of nitrogens with two attached hydrogens (primary N) is 1. The van der Waals surface area contributed by atoms with E-state index in [-0.39, 0.29) is 6.04 Å². The Balaban J connectivity index is 2.22. The zero-order valence-electron chi connectivity index (χ0n) is 10.7. The SMILES string of the molecule is Cc1ccc(C(N)Cc2ccccc2Br)c(C)n1. The van der Waals surface area contributed by atoms with E-state index in [4.69, 9.17) is 5.73 Å². The summed E-state index contributed by atoms with van der Waals surface area (Å²) in [6.45, 7) is 4.01. The molecule has 0 aliphatic heterocycles. The number of halogens is 1. The van der Waals surface area contributed by atoms with E-state index in [0.29, 0.717) is 0 Å². The largest absolute Gasteiger partial charge is 0.324 e. The van der Waals surface area contributed by atoms with Gasteiger partial charge in [0.05, 0.1) is 0 Å². The van der Waals surface area contributed by atoms with Gasteiger partial charge in [-0.15, -0.1) is 0 Å². The molecule has 1 heterocycles. The molecule has 94 valence electrons. The summed E-state index contributed by atoms with van der Waals surface area (Å²) >= 11 is 3.56. The van der Waals surface area contributed by atoms with Gasteiger partial charge < -0.3 is 5.73 Å². The van der Waals surface area contributed by atoms with Crippen LogP contribution in [0.2, 0.25) is 0 Å². The van der Waals surface area contributed by atoms with E-state index < -0.39 is 0 Å². The maximum Gasteiger partial charge on any atom is 0.0423 e.